The summed E-state index contributed by atoms with van der Waals surface area (Å²) >= 11 is 0. The number of hydrogen-bond donors (Lipinski definition) is 2. The molecule has 5 heteroatoms. The zero-order chi connectivity index (χ0) is 15.4. The second kappa shape index (κ2) is 5.97. The van der Waals surface area contributed by atoms with Crippen molar-refractivity contribution in [3.63, 3.8) is 0 Å². The van der Waals surface area contributed by atoms with Crippen LogP contribution in [0.2, 0.25) is 0 Å². The predicted octanol–water partition coefficient (Wildman–Crippen LogP) is 2.29. The molecule has 2 rings (SSSR count). The van der Waals surface area contributed by atoms with Gasteiger partial charge in [0.25, 0.3) is 0 Å². The number of carbonyl (C=O) groups is 1. The third-order valence-corrected chi connectivity index (χ3v) is 3.09. The molecule has 0 amide bonds. The number of benzene rings is 2. The van der Waals surface area contributed by atoms with Crippen LogP contribution in [-0.4, -0.2) is 29.6 Å². The van der Waals surface area contributed by atoms with Gasteiger partial charge in [-0.15, -0.1) is 0 Å². The minimum Gasteiger partial charge on any atom is -0.504 e. The fraction of sp³-hybridized carbons (Fsp3) is 0.125. The minimum absolute atomic E-state index is 0.0963. The highest BCUT2D eigenvalue weighted by molar-refractivity contribution is 5.99. The summed E-state index contributed by atoms with van der Waals surface area (Å²) in [4.78, 5) is 13.9. The van der Waals surface area contributed by atoms with Crippen LogP contribution in [0.3, 0.4) is 0 Å². The van der Waals surface area contributed by atoms with Crippen LogP contribution in [0.1, 0.15) is 15.9 Å². The van der Waals surface area contributed by atoms with Crippen LogP contribution in [-0.2, 0) is 0 Å². The maximum atomic E-state index is 12.1. The fourth-order valence-electron chi connectivity index (χ4n) is 1.91. The molecular formula is C16H14N2O3. The van der Waals surface area contributed by atoms with Crippen molar-refractivity contribution in [2.45, 2.75) is 0 Å². The number of aromatic hydroxyl groups is 2. The Bertz CT molecular complexity index is 720. The van der Waals surface area contributed by atoms with Gasteiger partial charge in [0, 0.05) is 18.3 Å². The highest BCUT2D eigenvalue weighted by atomic mass is 16.3. The molecule has 0 aliphatic rings. The van der Waals surface area contributed by atoms with E-state index in [-0.39, 0.29) is 23.8 Å². The number of nitrogens with zero attached hydrogens (tertiary/aromatic N) is 2. The van der Waals surface area contributed by atoms with E-state index in [2.05, 4.69) is 0 Å². The standard InChI is InChI=1S/C16H14N2O3/c1-18(13-4-2-3-11(7-13)9-17)10-16(21)12-5-6-14(19)15(20)8-12/h2-8,19-20H,10H2,1H3. The molecule has 2 aromatic rings. The zero-order valence-corrected chi connectivity index (χ0v) is 11.4. The molecule has 2 N–H and O–H groups in total. The van der Waals surface area contributed by atoms with E-state index in [0.29, 0.717) is 11.1 Å². The van der Waals surface area contributed by atoms with Crippen molar-refractivity contribution in [2.24, 2.45) is 0 Å². The number of phenolic OH excluding ortho intramolecular Hbond substituents is 2. The molecular weight excluding hydrogens is 268 g/mol. The summed E-state index contributed by atoms with van der Waals surface area (Å²) in [5.74, 6) is -0.785. The van der Waals surface area contributed by atoms with E-state index in [1.165, 1.54) is 18.2 Å². The molecule has 0 aliphatic heterocycles. The Kier molecular flexibility index (Phi) is 4.10. The first-order valence-electron chi connectivity index (χ1n) is 6.27. The summed E-state index contributed by atoms with van der Waals surface area (Å²) in [6, 6.07) is 13.0. The molecule has 0 fully saturated rings. The number of anilines is 1. The van der Waals surface area contributed by atoms with E-state index in [1.54, 1.807) is 30.1 Å². The van der Waals surface area contributed by atoms with E-state index in [0.717, 1.165) is 5.69 Å². The van der Waals surface area contributed by atoms with Crippen molar-refractivity contribution in [3.05, 3.63) is 53.6 Å². The average molecular weight is 282 g/mol. The number of nitriles is 1. The molecule has 5 nitrogen and oxygen atoms in total. The van der Waals surface area contributed by atoms with Gasteiger partial charge in [0.05, 0.1) is 18.2 Å². The lowest BCUT2D eigenvalue weighted by Crippen LogP contribution is -2.25. The first-order valence-corrected chi connectivity index (χ1v) is 6.27. The number of likely N-dealkylation sites (N-methyl/N-ethyl adjacent to an activating group) is 1. The van der Waals surface area contributed by atoms with Crippen LogP contribution in [0.25, 0.3) is 0 Å². The number of rotatable bonds is 4. The second-order valence-corrected chi connectivity index (χ2v) is 4.64. The molecule has 106 valence electrons. The van der Waals surface area contributed by atoms with E-state index < -0.39 is 0 Å². The molecule has 2 aromatic carbocycles. The smallest absolute Gasteiger partial charge is 0.182 e. The Balaban J connectivity index is 2.14. The van der Waals surface area contributed by atoms with Crippen LogP contribution in [0.15, 0.2) is 42.5 Å². The number of hydrogen-bond acceptors (Lipinski definition) is 5. The summed E-state index contributed by atoms with van der Waals surface area (Å²) in [6.45, 7) is 0.0963. The van der Waals surface area contributed by atoms with Crippen LogP contribution < -0.4 is 4.90 Å². The fourth-order valence-corrected chi connectivity index (χ4v) is 1.91. The topological polar surface area (TPSA) is 84.6 Å². The lowest BCUT2D eigenvalue weighted by molar-refractivity contribution is 0.1000. The Morgan fingerprint density at radius 3 is 2.62 bits per heavy atom. The number of phenols is 2. The monoisotopic (exact) mass is 282 g/mol. The summed E-state index contributed by atoms with van der Waals surface area (Å²) in [7, 11) is 1.74. The normalized spacial score (nSPS) is 9.90. The zero-order valence-electron chi connectivity index (χ0n) is 11.4. The Labute approximate surface area is 122 Å². The molecule has 0 bridgehead atoms. The summed E-state index contributed by atoms with van der Waals surface area (Å²) in [6.07, 6.45) is 0. The Morgan fingerprint density at radius 1 is 1.19 bits per heavy atom. The number of Topliss-reactive ketones (excluding diaryl/α,β-unsaturated/α-hetero) is 1. The quantitative estimate of drug-likeness (QED) is 0.664. The largest absolute Gasteiger partial charge is 0.504 e. The molecule has 0 spiro atoms. The minimum atomic E-state index is -0.324. The molecule has 0 unspecified atom stereocenters. The van der Waals surface area contributed by atoms with Gasteiger partial charge in [-0.05, 0) is 36.4 Å². The van der Waals surface area contributed by atoms with Crippen molar-refractivity contribution < 1.29 is 15.0 Å². The molecule has 0 aliphatic carbocycles. The van der Waals surface area contributed by atoms with Crippen LogP contribution in [0.5, 0.6) is 11.5 Å². The molecule has 0 saturated carbocycles. The van der Waals surface area contributed by atoms with Crippen molar-refractivity contribution >= 4 is 11.5 Å². The van der Waals surface area contributed by atoms with Gasteiger partial charge in [-0.25, -0.2) is 0 Å². The number of carbonyl (C=O) groups excluding carboxylic acids is 1. The molecule has 0 saturated heterocycles. The lowest BCUT2D eigenvalue weighted by atomic mass is 10.1. The average Bonchev–Trinajstić information content (AvgIpc) is 2.49. The first-order chi connectivity index (χ1) is 10.0. The van der Waals surface area contributed by atoms with Gasteiger partial charge in [0.1, 0.15) is 0 Å². The van der Waals surface area contributed by atoms with Crippen molar-refractivity contribution in [1.82, 2.24) is 0 Å². The van der Waals surface area contributed by atoms with Crippen molar-refractivity contribution in [2.75, 3.05) is 18.5 Å². The Morgan fingerprint density at radius 2 is 1.95 bits per heavy atom. The third-order valence-electron chi connectivity index (χ3n) is 3.09. The SMILES string of the molecule is CN(CC(=O)c1ccc(O)c(O)c1)c1cccc(C#N)c1. The molecule has 0 radical (unpaired) electrons. The molecule has 0 heterocycles. The van der Waals surface area contributed by atoms with Crippen molar-refractivity contribution in [1.29, 1.82) is 5.26 Å². The van der Waals surface area contributed by atoms with Crippen LogP contribution in [0.4, 0.5) is 5.69 Å². The van der Waals surface area contributed by atoms with E-state index in [4.69, 9.17) is 5.26 Å². The summed E-state index contributed by atoms with van der Waals surface area (Å²) < 4.78 is 0. The second-order valence-electron chi connectivity index (χ2n) is 4.64. The third kappa shape index (κ3) is 3.31. The summed E-state index contributed by atoms with van der Waals surface area (Å²) in [5.41, 5.74) is 1.59. The van der Waals surface area contributed by atoms with Gasteiger partial charge < -0.3 is 15.1 Å². The van der Waals surface area contributed by atoms with Gasteiger partial charge in [0.2, 0.25) is 0 Å². The molecule has 21 heavy (non-hydrogen) atoms. The van der Waals surface area contributed by atoms with Gasteiger partial charge in [-0.1, -0.05) is 6.07 Å². The van der Waals surface area contributed by atoms with E-state index in [1.807, 2.05) is 12.1 Å². The highest BCUT2D eigenvalue weighted by Crippen LogP contribution is 2.25. The van der Waals surface area contributed by atoms with Gasteiger partial charge in [-0.2, -0.15) is 5.26 Å². The lowest BCUT2D eigenvalue weighted by Gasteiger charge is -2.18. The maximum absolute atomic E-state index is 12.1. The number of ketones is 1. The summed E-state index contributed by atoms with van der Waals surface area (Å²) in [5, 5.41) is 27.5. The highest BCUT2D eigenvalue weighted by Gasteiger charge is 2.12. The van der Waals surface area contributed by atoms with Gasteiger partial charge in [-0.3, -0.25) is 4.79 Å². The van der Waals surface area contributed by atoms with Crippen LogP contribution in [0, 0.1) is 11.3 Å². The molecule has 0 aromatic heterocycles. The molecule has 0 atom stereocenters. The van der Waals surface area contributed by atoms with Crippen LogP contribution >= 0.6 is 0 Å². The first kappa shape index (κ1) is 14.4. The van der Waals surface area contributed by atoms with E-state index >= 15 is 0 Å². The maximum Gasteiger partial charge on any atom is 0.182 e. The van der Waals surface area contributed by atoms with Gasteiger partial charge in [0.15, 0.2) is 17.3 Å². The van der Waals surface area contributed by atoms with Gasteiger partial charge >= 0.3 is 0 Å². The van der Waals surface area contributed by atoms with E-state index in [9.17, 15) is 15.0 Å². The van der Waals surface area contributed by atoms with Crippen molar-refractivity contribution in [3.8, 4) is 17.6 Å². The predicted molar refractivity (Wildman–Crippen MR) is 78.5 cm³/mol. The Hall–Kier alpha value is -3.00.